The average Bonchev–Trinajstić information content (AvgIpc) is 2.97. The monoisotopic (exact) mass is 403 g/mol. The standard InChI is InChI=1S/C30H29N/c1-7-9-28-26(8-2)27-19-18-25(20-29(27)30(28,5)6)31(23-14-10-21(3)11-15-23)24-16-12-22(4)13-17-24/h1,8-20H,2-6H3/b26-8-,28-9?. The quantitative estimate of drug-likeness (QED) is 0.400. The van der Waals surface area contributed by atoms with E-state index in [0.717, 1.165) is 17.1 Å². The van der Waals surface area contributed by atoms with Gasteiger partial charge in [-0.1, -0.05) is 67.3 Å². The lowest BCUT2D eigenvalue weighted by atomic mass is 9.82. The lowest BCUT2D eigenvalue weighted by molar-refractivity contribution is 0.661. The van der Waals surface area contributed by atoms with Gasteiger partial charge in [-0.15, -0.1) is 6.42 Å². The molecule has 0 aromatic heterocycles. The normalized spacial score (nSPS) is 16.9. The van der Waals surface area contributed by atoms with E-state index in [9.17, 15) is 0 Å². The summed E-state index contributed by atoms with van der Waals surface area (Å²) in [5.74, 6) is 2.75. The Morgan fingerprint density at radius 3 is 1.81 bits per heavy atom. The van der Waals surface area contributed by atoms with E-state index in [1.807, 2.05) is 6.08 Å². The molecule has 0 N–H and O–H groups in total. The zero-order valence-electron chi connectivity index (χ0n) is 19.0. The summed E-state index contributed by atoms with van der Waals surface area (Å²) in [4.78, 5) is 2.33. The second kappa shape index (κ2) is 7.97. The minimum Gasteiger partial charge on any atom is -0.310 e. The van der Waals surface area contributed by atoms with Crippen LogP contribution in [-0.2, 0) is 5.41 Å². The largest absolute Gasteiger partial charge is 0.310 e. The summed E-state index contributed by atoms with van der Waals surface area (Å²) < 4.78 is 0. The Morgan fingerprint density at radius 1 is 0.806 bits per heavy atom. The Kier molecular flexibility index (Phi) is 5.34. The van der Waals surface area contributed by atoms with Crippen LogP contribution in [-0.4, -0.2) is 0 Å². The Bertz CT molecular complexity index is 1170. The number of rotatable bonds is 3. The topological polar surface area (TPSA) is 3.24 Å². The number of aryl methyl sites for hydroxylation is 2. The van der Waals surface area contributed by atoms with Crippen LogP contribution in [0.25, 0.3) is 5.57 Å². The highest BCUT2D eigenvalue weighted by Crippen LogP contribution is 2.51. The minimum absolute atomic E-state index is 0.147. The number of allylic oxidation sites excluding steroid dienone is 4. The molecule has 3 aromatic carbocycles. The van der Waals surface area contributed by atoms with Gasteiger partial charge in [-0.25, -0.2) is 0 Å². The summed E-state index contributed by atoms with van der Waals surface area (Å²) in [5, 5.41) is 0. The van der Waals surface area contributed by atoms with Gasteiger partial charge >= 0.3 is 0 Å². The maximum absolute atomic E-state index is 5.67. The van der Waals surface area contributed by atoms with Crippen LogP contribution in [0.5, 0.6) is 0 Å². The van der Waals surface area contributed by atoms with Crippen LogP contribution in [0.15, 0.2) is 84.5 Å². The Balaban J connectivity index is 1.92. The zero-order valence-corrected chi connectivity index (χ0v) is 19.0. The maximum Gasteiger partial charge on any atom is 0.0465 e. The van der Waals surface area contributed by atoms with Crippen molar-refractivity contribution in [3.8, 4) is 12.3 Å². The third-order valence-corrected chi connectivity index (χ3v) is 6.29. The van der Waals surface area contributed by atoms with Crippen molar-refractivity contribution in [2.45, 2.75) is 40.0 Å². The van der Waals surface area contributed by atoms with Crippen LogP contribution >= 0.6 is 0 Å². The van der Waals surface area contributed by atoms with Crippen molar-refractivity contribution in [1.29, 1.82) is 0 Å². The maximum atomic E-state index is 5.67. The third-order valence-electron chi connectivity index (χ3n) is 6.29. The molecule has 0 spiro atoms. The van der Waals surface area contributed by atoms with E-state index < -0.39 is 0 Å². The second-order valence-corrected chi connectivity index (χ2v) is 8.79. The summed E-state index contributed by atoms with van der Waals surface area (Å²) in [7, 11) is 0. The van der Waals surface area contributed by atoms with Crippen molar-refractivity contribution in [2.24, 2.45) is 0 Å². The van der Waals surface area contributed by atoms with Gasteiger partial charge < -0.3 is 4.90 Å². The number of hydrogen-bond acceptors (Lipinski definition) is 1. The molecule has 4 rings (SSSR count). The van der Waals surface area contributed by atoms with E-state index in [4.69, 9.17) is 6.42 Å². The number of hydrogen-bond donors (Lipinski definition) is 0. The van der Waals surface area contributed by atoms with Gasteiger partial charge in [0, 0.05) is 22.5 Å². The van der Waals surface area contributed by atoms with Gasteiger partial charge in [-0.3, -0.25) is 0 Å². The molecule has 0 fully saturated rings. The highest BCUT2D eigenvalue weighted by molar-refractivity contribution is 5.91. The molecule has 0 heterocycles. The van der Waals surface area contributed by atoms with Crippen molar-refractivity contribution in [3.05, 3.63) is 107 Å². The Morgan fingerprint density at radius 2 is 1.32 bits per heavy atom. The lowest BCUT2D eigenvalue weighted by Crippen LogP contribution is -2.16. The first kappa shape index (κ1) is 20.8. The van der Waals surface area contributed by atoms with Gasteiger partial charge in [0.15, 0.2) is 0 Å². The van der Waals surface area contributed by atoms with Crippen LogP contribution in [0.4, 0.5) is 17.1 Å². The first-order valence-electron chi connectivity index (χ1n) is 10.8. The van der Waals surface area contributed by atoms with Gasteiger partial charge in [0.05, 0.1) is 0 Å². The average molecular weight is 404 g/mol. The molecule has 0 radical (unpaired) electrons. The number of terminal acetylenes is 1. The first-order valence-corrected chi connectivity index (χ1v) is 10.8. The molecule has 1 aliphatic rings. The third kappa shape index (κ3) is 3.60. The zero-order chi connectivity index (χ0) is 22.2. The predicted octanol–water partition coefficient (Wildman–Crippen LogP) is 8.03. The molecule has 0 atom stereocenters. The van der Waals surface area contributed by atoms with E-state index in [1.54, 1.807) is 0 Å². The van der Waals surface area contributed by atoms with Crippen LogP contribution < -0.4 is 4.90 Å². The van der Waals surface area contributed by atoms with Gasteiger partial charge in [0.25, 0.3) is 0 Å². The molecule has 0 unspecified atom stereocenters. The van der Waals surface area contributed by atoms with Crippen molar-refractivity contribution in [3.63, 3.8) is 0 Å². The van der Waals surface area contributed by atoms with Crippen molar-refractivity contribution >= 4 is 22.6 Å². The minimum atomic E-state index is -0.147. The molecule has 0 saturated carbocycles. The second-order valence-electron chi connectivity index (χ2n) is 8.79. The summed E-state index contributed by atoms with van der Waals surface area (Å²) in [6.07, 6.45) is 9.77. The molecular formula is C30H29N. The molecular weight excluding hydrogens is 374 g/mol. The Labute approximate surface area is 186 Å². The van der Waals surface area contributed by atoms with E-state index in [1.165, 1.54) is 33.4 Å². The number of nitrogens with zero attached hydrogens (tertiary/aromatic N) is 1. The van der Waals surface area contributed by atoms with Gasteiger partial charge in [0.1, 0.15) is 0 Å². The van der Waals surface area contributed by atoms with Crippen LogP contribution in [0, 0.1) is 26.2 Å². The fourth-order valence-electron chi connectivity index (χ4n) is 4.54. The first-order chi connectivity index (χ1) is 14.9. The van der Waals surface area contributed by atoms with Crippen LogP contribution in [0.2, 0.25) is 0 Å². The fourth-order valence-corrected chi connectivity index (χ4v) is 4.54. The highest BCUT2D eigenvalue weighted by Gasteiger charge is 2.38. The molecule has 0 amide bonds. The van der Waals surface area contributed by atoms with Crippen molar-refractivity contribution < 1.29 is 0 Å². The van der Waals surface area contributed by atoms with E-state index in [2.05, 4.69) is 118 Å². The van der Waals surface area contributed by atoms with Gasteiger partial charge in [0.2, 0.25) is 0 Å². The molecule has 1 nitrogen and oxygen atoms in total. The van der Waals surface area contributed by atoms with E-state index in [-0.39, 0.29) is 5.41 Å². The summed E-state index contributed by atoms with van der Waals surface area (Å²) in [5.41, 5.74) is 10.8. The fraction of sp³-hybridized carbons (Fsp3) is 0.200. The smallest absolute Gasteiger partial charge is 0.0465 e. The Hall–Kier alpha value is -3.50. The number of fused-ring (bicyclic) bond motifs is 1. The molecule has 0 saturated heterocycles. The predicted molar refractivity (Wildman–Crippen MR) is 134 cm³/mol. The number of anilines is 3. The van der Waals surface area contributed by atoms with Crippen LogP contribution in [0.3, 0.4) is 0 Å². The molecule has 154 valence electrons. The van der Waals surface area contributed by atoms with Crippen molar-refractivity contribution in [1.82, 2.24) is 0 Å². The molecule has 0 bridgehead atoms. The summed E-state index contributed by atoms with van der Waals surface area (Å²) in [6, 6.07) is 24.2. The number of benzene rings is 3. The molecule has 0 aliphatic heterocycles. The summed E-state index contributed by atoms with van der Waals surface area (Å²) >= 11 is 0. The van der Waals surface area contributed by atoms with E-state index >= 15 is 0 Å². The van der Waals surface area contributed by atoms with Gasteiger partial charge in [-0.05, 0) is 85.5 Å². The van der Waals surface area contributed by atoms with Crippen molar-refractivity contribution in [2.75, 3.05) is 4.90 Å². The van der Waals surface area contributed by atoms with E-state index in [0.29, 0.717) is 0 Å². The summed E-state index contributed by atoms with van der Waals surface area (Å²) in [6.45, 7) is 10.9. The lowest BCUT2D eigenvalue weighted by Gasteiger charge is -2.28. The van der Waals surface area contributed by atoms with Crippen LogP contribution in [0.1, 0.15) is 43.0 Å². The SMILES string of the molecule is C#CC=C1/C(=C\C)c2ccc(N(c3ccc(C)cc3)c3ccc(C)cc3)cc2C1(C)C. The highest BCUT2D eigenvalue weighted by atomic mass is 15.1. The molecule has 3 aromatic rings. The van der Waals surface area contributed by atoms with Gasteiger partial charge in [-0.2, -0.15) is 0 Å². The molecule has 1 aliphatic carbocycles. The molecule has 1 heteroatoms. The molecule has 31 heavy (non-hydrogen) atoms.